The number of hydrogen-bond donors (Lipinski definition) is 1. The first kappa shape index (κ1) is 14.2. The van der Waals surface area contributed by atoms with E-state index in [1.807, 2.05) is 4.90 Å². The summed E-state index contributed by atoms with van der Waals surface area (Å²) in [5, 5.41) is 11.0. The van der Waals surface area contributed by atoms with Gasteiger partial charge in [-0.2, -0.15) is 4.39 Å². The van der Waals surface area contributed by atoms with Crippen LogP contribution in [0.4, 0.5) is 15.8 Å². The van der Waals surface area contributed by atoms with Crippen LogP contribution < -0.4 is 10.6 Å². The van der Waals surface area contributed by atoms with Crippen molar-refractivity contribution in [1.29, 1.82) is 0 Å². The van der Waals surface area contributed by atoms with E-state index < -0.39 is 22.3 Å². The molecule has 0 spiro atoms. The van der Waals surface area contributed by atoms with Crippen molar-refractivity contribution in [3.63, 3.8) is 0 Å². The molecule has 1 aromatic carbocycles. The first-order valence-corrected chi connectivity index (χ1v) is 6.17. The third kappa shape index (κ3) is 3.02. The molecule has 20 heavy (non-hydrogen) atoms. The van der Waals surface area contributed by atoms with E-state index in [0.717, 1.165) is 6.07 Å². The van der Waals surface area contributed by atoms with Gasteiger partial charge in [-0.3, -0.25) is 19.8 Å². The summed E-state index contributed by atoms with van der Waals surface area (Å²) in [5.74, 6) is -1.25. The molecule has 0 atom stereocenters. The van der Waals surface area contributed by atoms with E-state index in [0.29, 0.717) is 26.2 Å². The van der Waals surface area contributed by atoms with Crippen LogP contribution in [-0.2, 0) is 4.79 Å². The standard InChI is InChI=1S/C12H15FN4O3/c13-9-2-1-3-10(12(9)17(19)20)16-6-4-15(5-7-16)8-11(14)18/h1-3H,4-8H2,(H2,14,18). The summed E-state index contributed by atoms with van der Waals surface area (Å²) in [4.78, 5) is 24.7. The zero-order chi connectivity index (χ0) is 14.7. The Labute approximate surface area is 114 Å². The van der Waals surface area contributed by atoms with Crippen LogP contribution in [0, 0.1) is 15.9 Å². The Kier molecular flexibility index (Phi) is 4.14. The number of benzene rings is 1. The minimum Gasteiger partial charge on any atom is -0.369 e. The molecule has 2 N–H and O–H groups in total. The predicted molar refractivity (Wildman–Crippen MR) is 70.9 cm³/mol. The molecule has 2 rings (SSSR count). The van der Waals surface area contributed by atoms with Gasteiger partial charge >= 0.3 is 5.69 Å². The quantitative estimate of drug-likeness (QED) is 0.635. The summed E-state index contributed by atoms with van der Waals surface area (Å²) in [6, 6.07) is 4.06. The molecule has 1 amide bonds. The minimum atomic E-state index is -0.841. The van der Waals surface area contributed by atoms with Gasteiger partial charge in [0.25, 0.3) is 0 Å². The maximum atomic E-state index is 13.6. The minimum absolute atomic E-state index is 0.166. The lowest BCUT2D eigenvalue weighted by Crippen LogP contribution is -2.49. The molecule has 108 valence electrons. The van der Waals surface area contributed by atoms with Gasteiger partial charge in [0.05, 0.1) is 11.5 Å². The molecule has 0 aromatic heterocycles. The van der Waals surface area contributed by atoms with Crippen LogP contribution in [0.5, 0.6) is 0 Å². The van der Waals surface area contributed by atoms with Gasteiger partial charge in [-0.05, 0) is 12.1 Å². The molecule has 1 aliphatic rings. The van der Waals surface area contributed by atoms with E-state index >= 15 is 0 Å². The average molecular weight is 282 g/mol. The third-order valence-electron chi connectivity index (χ3n) is 3.24. The number of nitro groups is 1. The van der Waals surface area contributed by atoms with Crippen LogP contribution in [0.1, 0.15) is 0 Å². The molecular weight excluding hydrogens is 267 g/mol. The molecule has 0 unspecified atom stereocenters. The van der Waals surface area contributed by atoms with Crippen molar-refractivity contribution in [2.24, 2.45) is 5.73 Å². The zero-order valence-corrected chi connectivity index (χ0v) is 10.8. The highest BCUT2D eigenvalue weighted by atomic mass is 19.1. The molecule has 1 saturated heterocycles. The second-order valence-electron chi connectivity index (χ2n) is 4.59. The Balaban J connectivity index is 2.13. The highest BCUT2D eigenvalue weighted by Gasteiger charge is 2.26. The maximum Gasteiger partial charge on any atom is 0.327 e. The summed E-state index contributed by atoms with van der Waals surface area (Å²) in [6.07, 6.45) is 0. The van der Waals surface area contributed by atoms with E-state index in [2.05, 4.69) is 0 Å². The number of carbonyl (C=O) groups is 1. The van der Waals surface area contributed by atoms with Crippen LogP contribution in [0.3, 0.4) is 0 Å². The van der Waals surface area contributed by atoms with E-state index in [1.54, 1.807) is 4.90 Å². The summed E-state index contributed by atoms with van der Waals surface area (Å²) in [6.45, 7) is 2.24. The molecule has 1 aromatic rings. The van der Waals surface area contributed by atoms with Gasteiger partial charge in [0, 0.05) is 26.2 Å². The van der Waals surface area contributed by atoms with Crippen molar-refractivity contribution >= 4 is 17.3 Å². The SMILES string of the molecule is NC(=O)CN1CCN(c2cccc(F)c2[N+](=O)[O-])CC1. The summed E-state index contributed by atoms with van der Waals surface area (Å²) >= 11 is 0. The van der Waals surface area contributed by atoms with Gasteiger partial charge in [0.15, 0.2) is 0 Å². The Morgan fingerprint density at radius 2 is 2.00 bits per heavy atom. The van der Waals surface area contributed by atoms with Crippen LogP contribution in [0.15, 0.2) is 18.2 Å². The molecule has 0 radical (unpaired) electrons. The lowest BCUT2D eigenvalue weighted by atomic mass is 10.2. The van der Waals surface area contributed by atoms with Crippen molar-refractivity contribution in [2.75, 3.05) is 37.6 Å². The molecule has 0 aliphatic carbocycles. The number of para-hydroxylation sites is 1. The number of nitro benzene ring substituents is 1. The largest absolute Gasteiger partial charge is 0.369 e. The van der Waals surface area contributed by atoms with E-state index in [1.165, 1.54) is 12.1 Å². The number of piperazine rings is 1. The Morgan fingerprint density at radius 1 is 1.35 bits per heavy atom. The number of halogens is 1. The maximum absolute atomic E-state index is 13.6. The zero-order valence-electron chi connectivity index (χ0n) is 10.8. The van der Waals surface area contributed by atoms with Crippen LogP contribution in [0.2, 0.25) is 0 Å². The van der Waals surface area contributed by atoms with Crippen molar-refractivity contribution in [3.05, 3.63) is 34.1 Å². The second-order valence-corrected chi connectivity index (χ2v) is 4.59. The van der Waals surface area contributed by atoms with Crippen molar-refractivity contribution in [3.8, 4) is 0 Å². The van der Waals surface area contributed by atoms with Crippen molar-refractivity contribution < 1.29 is 14.1 Å². The number of carbonyl (C=O) groups excluding carboxylic acids is 1. The van der Waals surface area contributed by atoms with Gasteiger partial charge in [-0.15, -0.1) is 0 Å². The smallest absolute Gasteiger partial charge is 0.327 e. The molecule has 7 nitrogen and oxygen atoms in total. The summed E-state index contributed by atoms with van der Waals surface area (Å²) in [7, 11) is 0. The number of rotatable bonds is 4. The monoisotopic (exact) mass is 282 g/mol. The molecule has 1 fully saturated rings. The molecule has 0 bridgehead atoms. The van der Waals surface area contributed by atoms with E-state index in [-0.39, 0.29) is 12.2 Å². The van der Waals surface area contributed by atoms with Gasteiger partial charge in [-0.25, -0.2) is 0 Å². The normalized spacial score (nSPS) is 16.1. The first-order valence-electron chi connectivity index (χ1n) is 6.17. The number of hydrogen-bond acceptors (Lipinski definition) is 5. The van der Waals surface area contributed by atoms with Gasteiger partial charge < -0.3 is 10.6 Å². The second kappa shape index (κ2) is 5.83. The molecule has 0 saturated carbocycles. The molecular formula is C12H15FN4O3. The van der Waals surface area contributed by atoms with Crippen LogP contribution in [0.25, 0.3) is 0 Å². The number of nitrogens with two attached hydrogens (primary N) is 1. The van der Waals surface area contributed by atoms with Crippen LogP contribution in [-0.4, -0.2) is 48.5 Å². The lowest BCUT2D eigenvalue weighted by Gasteiger charge is -2.35. The third-order valence-corrected chi connectivity index (χ3v) is 3.24. The molecule has 8 heteroatoms. The fourth-order valence-corrected chi connectivity index (χ4v) is 2.31. The van der Waals surface area contributed by atoms with Gasteiger partial charge in [-0.1, -0.05) is 6.07 Å². The fourth-order valence-electron chi connectivity index (χ4n) is 2.31. The van der Waals surface area contributed by atoms with E-state index in [9.17, 15) is 19.3 Å². The Morgan fingerprint density at radius 3 is 2.55 bits per heavy atom. The van der Waals surface area contributed by atoms with Gasteiger partial charge in [0.2, 0.25) is 11.7 Å². The van der Waals surface area contributed by atoms with Gasteiger partial charge in [0.1, 0.15) is 5.69 Å². The van der Waals surface area contributed by atoms with Crippen LogP contribution >= 0.6 is 0 Å². The Bertz CT molecular complexity index is 529. The average Bonchev–Trinajstić information content (AvgIpc) is 2.38. The first-order chi connectivity index (χ1) is 9.49. The number of anilines is 1. The number of primary amides is 1. The topological polar surface area (TPSA) is 92.7 Å². The lowest BCUT2D eigenvalue weighted by molar-refractivity contribution is -0.386. The summed E-state index contributed by atoms with van der Waals surface area (Å²) < 4.78 is 13.6. The Hall–Kier alpha value is -2.22. The predicted octanol–water partition coefficient (Wildman–Crippen LogP) is 0.341. The molecule has 1 heterocycles. The number of nitrogens with zero attached hydrogens (tertiary/aromatic N) is 3. The molecule has 1 aliphatic heterocycles. The summed E-state index contributed by atoms with van der Waals surface area (Å²) in [5.41, 5.74) is 4.89. The number of amides is 1. The van der Waals surface area contributed by atoms with Crippen molar-refractivity contribution in [1.82, 2.24) is 4.90 Å². The highest BCUT2D eigenvalue weighted by molar-refractivity contribution is 5.76. The van der Waals surface area contributed by atoms with Crippen molar-refractivity contribution in [2.45, 2.75) is 0 Å². The van der Waals surface area contributed by atoms with E-state index in [4.69, 9.17) is 5.73 Å². The fraction of sp³-hybridized carbons (Fsp3) is 0.417. The highest BCUT2D eigenvalue weighted by Crippen LogP contribution is 2.31.